The summed E-state index contributed by atoms with van der Waals surface area (Å²) in [6.07, 6.45) is 1.66. The number of likely N-dealkylation sites (N-methyl/N-ethyl adjacent to an activating group) is 1. The maximum Gasteiger partial charge on any atom is 0.198 e. The van der Waals surface area contributed by atoms with Crippen LogP contribution >= 0.6 is 0 Å². The van der Waals surface area contributed by atoms with Crippen molar-refractivity contribution in [2.75, 3.05) is 37.6 Å². The molecule has 0 saturated carbocycles. The number of aromatic nitrogens is 2. The van der Waals surface area contributed by atoms with E-state index in [1.54, 1.807) is 6.26 Å². The average molecular weight is 322 g/mol. The molecule has 2 aromatic heterocycles. The van der Waals surface area contributed by atoms with Gasteiger partial charge in [-0.15, -0.1) is 0 Å². The van der Waals surface area contributed by atoms with Gasteiger partial charge in [0.2, 0.25) is 0 Å². The normalized spacial score (nSPS) is 16.0. The minimum absolute atomic E-state index is 0.657. The van der Waals surface area contributed by atoms with Crippen molar-refractivity contribution in [2.45, 2.75) is 13.8 Å². The summed E-state index contributed by atoms with van der Waals surface area (Å²) in [6, 6.07) is 10.1. The lowest BCUT2D eigenvalue weighted by molar-refractivity contribution is 0.271. The molecule has 0 unspecified atom stereocenters. The van der Waals surface area contributed by atoms with Crippen molar-refractivity contribution in [3.05, 3.63) is 42.2 Å². The van der Waals surface area contributed by atoms with Crippen LogP contribution in [0.2, 0.25) is 0 Å². The summed E-state index contributed by atoms with van der Waals surface area (Å²) >= 11 is 0. The molecule has 5 nitrogen and oxygen atoms in total. The number of benzene rings is 1. The summed E-state index contributed by atoms with van der Waals surface area (Å²) in [5.41, 5.74) is 2.19. The number of nitrogens with zero attached hydrogens (tertiary/aromatic N) is 4. The molecular formula is C19H22N4O. The number of rotatable bonds is 3. The second-order valence-corrected chi connectivity index (χ2v) is 6.29. The van der Waals surface area contributed by atoms with Crippen molar-refractivity contribution in [3.8, 4) is 11.6 Å². The second kappa shape index (κ2) is 6.24. The largest absolute Gasteiger partial charge is 0.461 e. The summed E-state index contributed by atoms with van der Waals surface area (Å²) in [6.45, 7) is 9.56. The second-order valence-electron chi connectivity index (χ2n) is 6.29. The molecule has 24 heavy (non-hydrogen) atoms. The number of fused-ring (bicyclic) bond motifs is 1. The molecule has 5 heteroatoms. The molecule has 0 N–H and O–H groups in total. The Balaban J connectivity index is 1.81. The van der Waals surface area contributed by atoms with Crippen molar-refractivity contribution in [2.24, 2.45) is 0 Å². The molecular weight excluding hydrogens is 300 g/mol. The van der Waals surface area contributed by atoms with E-state index in [9.17, 15) is 0 Å². The van der Waals surface area contributed by atoms with Gasteiger partial charge in [-0.2, -0.15) is 0 Å². The van der Waals surface area contributed by atoms with Crippen LogP contribution in [0.3, 0.4) is 0 Å². The zero-order valence-corrected chi connectivity index (χ0v) is 14.2. The third-order valence-electron chi connectivity index (χ3n) is 4.69. The van der Waals surface area contributed by atoms with E-state index in [0.29, 0.717) is 11.6 Å². The van der Waals surface area contributed by atoms with Crippen LogP contribution in [0, 0.1) is 6.92 Å². The van der Waals surface area contributed by atoms with Gasteiger partial charge >= 0.3 is 0 Å². The van der Waals surface area contributed by atoms with E-state index < -0.39 is 0 Å². The third kappa shape index (κ3) is 2.76. The highest BCUT2D eigenvalue weighted by Crippen LogP contribution is 2.29. The van der Waals surface area contributed by atoms with Crippen molar-refractivity contribution in [1.29, 1.82) is 0 Å². The molecule has 0 radical (unpaired) electrons. The Labute approximate surface area is 141 Å². The van der Waals surface area contributed by atoms with Gasteiger partial charge in [-0.05, 0) is 37.7 Å². The molecule has 3 heterocycles. The number of aryl methyl sites for hydroxylation is 1. The Hall–Kier alpha value is -2.40. The standard InChI is InChI=1S/C19H22N4O/c1-3-22-8-10-23(11-9-22)19-15-13-14(2)6-7-16(15)20-18(21-19)17-5-4-12-24-17/h4-7,12-13H,3,8-11H2,1-2H3. The first-order valence-electron chi connectivity index (χ1n) is 8.54. The summed E-state index contributed by atoms with van der Waals surface area (Å²) in [7, 11) is 0. The van der Waals surface area contributed by atoms with Crippen LogP contribution in [0.1, 0.15) is 12.5 Å². The predicted octanol–water partition coefficient (Wildman–Crippen LogP) is 3.34. The SMILES string of the molecule is CCN1CCN(c2nc(-c3ccco3)nc3ccc(C)cc23)CC1. The topological polar surface area (TPSA) is 45.4 Å². The van der Waals surface area contributed by atoms with Crippen molar-refractivity contribution < 1.29 is 4.42 Å². The Bertz CT molecular complexity index is 836. The molecule has 0 atom stereocenters. The monoisotopic (exact) mass is 322 g/mol. The van der Waals surface area contributed by atoms with Gasteiger partial charge in [0.1, 0.15) is 5.82 Å². The molecule has 0 aliphatic carbocycles. The predicted molar refractivity (Wildman–Crippen MR) is 96.3 cm³/mol. The van der Waals surface area contributed by atoms with E-state index in [-0.39, 0.29) is 0 Å². The Morgan fingerprint density at radius 3 is 2.62 bits per heavy atom. The van der Waals surface area contributed by atoms with E-state index in [2.05, 4.69) is 41.8 Å². The van der Waals surface area contributed by atoms with Crippen LogP contribution in [-0.2, 0) is 0 Å². The average Bonchev–Trinajstić information content (AvgIpc) is 3.16. The van der Waals surface area contributed by atoms with E-state index in [4.69, 9.17) is 14.4 Å². The quantitative estimate of drug-likeness (QED) is 0.740. The minimum atomic E-state index is 0.657. The molecule has 1 aliphatic heterocycles. The van der Waals surface area contributed by atoms with Crippen LogP contribution < -0.4 is 4.90 Å². The van der Waals surface area contributed by atoms with Crippen LogP contribution in [0.15, 0.2) is 41.0 Å². The Morgan fingerprint density at radius 1 is 1.08 bits per heavy atom. The maximum absolute atomic E-state index is 5.52. The van der Waals surface area contributed by atoms with Crippen LogP contribution in [0.25, 0.3) is 22.5 Å². The van der Waals surface area contributed by atoms with Gasteiger partial charge in [-0.25, -0.2) is 9.97 Å². The highest BCUT2D eigenvalue weighted by atomic mass is 16.3. The van der Waals surface area contributed by atoms with Gasteiger partial charge in [-0.1, -0.05) is 18.6 Å². The molecule has 1 aliphatic rings. The Morgan fingerprint density at radius 2 is 1.92 bits per heavy atom. The van der Waals surface area contributed by atoms with E-state index in [1.165, 1.54) is 5.56 Å². The maximum atomic E-state index is 5.52. The number of furan rings is 1. The first-order valence-corrected chi connectivity index (χ1v) is 8.54. The molecule has 1 aromatic carbocycles. The van der Waals surface area contributed by atoms with Crippen molar-refractivity contribution >= 4 is 16.7 Å². The molecule has 4 rings (SSSR count). The lowest BCUT2D eigenvalue weighted by Gasteiger charge is -2.35. The van der Waals surface area contributed by atoms with Gasteiger partial charge in [0.05, 0.1) is 11.8 Å². The van der Waals surface area contributed by atoms with Gasteiger partial charge in [-0.3, -0.25) is 0 Å². The molecule has 0 spiro atoms. The summed E-state index contributed by atoms with van der Waals surface area (Å²) in [4.78, 5) is 14.4. The third-order valence-corrected chi connectivity index (χ3v) is 4.69. The first-order chi connectivity index (χ1) is 11.7. The van der Waals surface area contributed by atoms with E-state index in [1.807, 2.05) is 12.1 Å². The number of hydrogen-bond donors (Lipinski definition) is 0. The van der Waals surface area contributed by atoms with E-state index in [0.717, 1.165) is 49.4 Å². The van der Waals surface area contributed by atoms with Gasteiger partial charge in [0.15, 0.2) is 11.6 Å². The number of piperazine rings is 1. The fourth-order valence-electron chi connectivity index (χ4n) is 3.26. The molecule has 0 amide bonds. The number of anilines is 1. The van der Waals surface area contributed by atoms with Crippen molar-refractivity contribution in [1.82, 2.24) is 14.9 Å². The molecule has 124 valence electrons. The Kier molecular flexibility index (Phi) is 3.94. The fraction of sp³-hybridized carbons (Fsp3) is 0.368. The van der Waals surface area contributed by atoms with Gasteiger partial charge < -0.3 is 14.2 Å². The highest BCUT2D eigenvalue weighted by molar-refractivity contribution is 5.91. The lowest BCUT2D eigenvalue weighted by Crippen LogP contribution is -2.46. The smallest absolute Gasteiger partial charge is 0.198 e. The fourth-order valence-corrected chi connectivity index (χ4v) is 3.26. The van der Waals surface area contributed by atoms with Gasteiger partial charge in [0.25, 0.3) is 0 Å². The van der Waals surface area contributed by atoms with Crippen LogP contribution in [0.5, 0.6) is 0 Å². The molecule has 3 aromatic rings. The zero-order chi connectivity index (χ0) is 16.5. The molecule has 1 saturated heterocycles. The lowest BCUT2D eigenvalue weighted by atomic mass is 10.1. The summed E-state index contributed by atoms with van der Waals surface area (Å²) in [5.74, 6) is 2.39. The minimum Gasteiger partial charge on any atom is -0.461 e. The zero-order valence-electron chi connectivity index (χ0n) is 14.2. The van der Waals surface area contributed by atoms with Crippen LogP contribution in [0.4, 0.5) is 5.82 Å². The summed E-state index contributed by atoms with van der Waals surface area (Å²) in [5, 5.41) is 1.12. The first kappa shape index (κ1) is 15.1. The molecule has 0 bridgehead atoms. The molecule has 1 fully saturated rings. The number of hydrogen-bond acceptors (Lipinski definition) is 5. The van der Waals surface area contributed by atoms with Crippen LogP contribution in [-0.4, -0.2) is 47.6 Å². The van der Waals surface area contributed by atoms with Crippen molar-refractivity contribution in [3.63, 3.8) is 0 Å². The highest BCUT2D eigenvalue weighted by Gasteiger charge is 2.21. The summed E-state index contributed by atoms with van der Waals surface area (Å²) < 4.78 is 5.52. The van der Waals surface area contributed by atoms with E-state index >= 15 is 0 Å². The van der Waals surface area contributed by atoms with Gasteiger partial charge in [0, 0.05) is 31.6 Å².